The molecule has 2 heterocycles. The van der Waals surface area contributed by atoms with E-state index in [0.29, 0.717) is 0 Å². The lowest BCUT2D eigenvalue weighted by Crippen LogP contribution is -2.22. The number of hydrogen-bond acceptors (Lipinski definition) is 3. The van der Waals surface area contributed by atoms with Crippen molar-refractivity contribution in [1.29, 1.82) is 0 Å². The van der Waals surface area contributed by atoms with Crippen LogP contribution in [0.2, 0.25) is 0 Å². The van der Waals surface area contributed by atoms with Gasteiger partial charge in [-0.25, -0.2) is 0 Å². The van der Waals surface area contributed by atoms with Crippen LogP contribution in [0.5, 0.6) is 0 Å². The van der Waals surface area contributed by atoms with Crippen molar-refractivity contribution < 1.29 is 4.42 Å². The van der Waals surface area contributed by atoms with Crippen molar-refractivity contribution in [3.8, 4) is 0 Å². The first-order valence-corrected chi connectivity index (χ1v) is 6.87. The minimum atomic E-state index is 0.190. The molecule has 2 rings (SSSR count). The van der Waals surface area contributed by atoms with Crippen molar-refractivity contribution in [2.24, 2.45) is 0 Å². The van der Waals surface area contributed by atoms with Crippen LogP contribution in [0, 0.1) is 13.8 Å². The zero-order valence-corrected chi connectivity index (χ0v) is 11.4. The standard InChI is InChI=1S/C14H19NOS/c1-4-7-15-14(13-6-5-8-16-13)12-9-10(2)17-11(12)3/h5-6,8-9,14-15H,4,7H2,1-3H3. The predicted molar refractivity (Wildman–Crippen MR) is 72.6 cm³/mol. The summed E-state index contributed by atoms with van der Waals surface area (Å²) in [6.45, 7) is 7.51. The first kappa shape index (κ1) is 12.4. The summed E-state index contributed by atoms with van der Waals surface area (Å²) in [5.41, 5.74) is 1.34. The molecular formula is C14H19NOS. The molecule has 0 amide bonds. The summed E-state index contributed by atoms with van der Waals surface area (Å²) in [5, 5.41) is 3.56. The smallest absolute Gasteiger partial charge is 0.125 e. The Morgan fingerprint density at radius 3 is 2.76 bits per heavy atom. The van der Waals surface area contributed by atoms with Crippen molar-refractivity contribution in [2.75, 3.05) is 6.54 Å². The maximum absolute atomic E-state index is 5.55. The van der Waals surface area contributed by atoms with Crippen LogP contribution in [0.4, 0.5) is 0 Å². The van der Waals surface area contributed by atoms with Crippen LogP contribution >= 0.6 is 11.3 Å². The van der Waals surface area contributed by atoms with Gasteiger partial charge in [0.2, 0.25) is 0 Å². The van der Waals surface area contributed by atoms with Gasteiger partial charge in [0, 0.05) is 9.75 Å². The highest BCUT2D eigenvalue weighted by Gasteiger charge is 2.19. The number of furan rings is 1. The molecule has 0 bridgehead atoms. The van der Waals surface area contributed by atoms with Crippen LogP contribution in [0.1, 0.15) is 40.5 Å². The van der Waals surface area contributed by atoms with Crippen molar-refractivity contribution in [2.45, 2.75) is 33.2 Å². The van der Waals surface area contributed by atoms with Gasteiger partial charge >= 0.3 is 0 Å². The van der Waals surface area contributed by atoms with Crippen molar-refractivity contribution in [3.05, 3.63) is 45.5 Å². The second-order valence-corrected chi connectivity index (χ2v) is 5.73. The van der Waals surface area contributed by atoms with E-state index in [1.165, 1.54) is 15.3 Å². The van der Waals surface area contributed by atoms with E-state index in [2.05, 4.69) is 32.2 Å². The van der Waals surface area contributed by atoms with Gasteiger partial charge in [-0.3, -0.25) is 0 Å². The summed E-state index contributed by atoms with van der Waals surface area (Å²) in [4.78, 5) is 2.72. The Balaban J connectivity index is 2.30. The fraction of sp³-hybridized carbons (Fsp3) is 0.429. The maximum atomic E-state index is 5.55. The lowest BCUT2D eigenvalue weighted by Gasteiger charge is -2.16. The van der Waals surface area contributed by atoms with Crippen LogP contribution in [0.15, 0.2) is 28.9 Å². The van der Waals surface area contributed by atoms with Crippen LogP contribution in [0.25, 0.3) is 0 Å². The summed E-state index contributed by atoms with van der Waals surface area (Å²) in [6, 6.07) is 6.44. The maximum Gasteiger partial charge on any atom is 0.125 e. The Morgan fingerprint density at radius 1 is 1.41 bits per heavy atom. The molecule has 0 aliphatic heterocycles. The van der Waals surface area contributed by atoms with Gasteiger partial charge in [0.05, 0.1) is 12.3 Å². The molecule has 0 aliphatic carbocycles. The molecule has 0 aliphatic rings. The Morgan fingerprint density at radius 2 is 2.24 bits per heavy atom. The molecule has 3 heteroatoms. The highest BCUT2D eigenvalue weighted by atomic mass is 32.1. The number of hydrogen-bond donors (Lipinski definition) is 1. The van der Waals surface area contributed by atoms with E-state index in [0.717, 1.165) is 18.7 Å². The molecule has 0 radical (unpaired) electrons. The number of rotatable bonds is 5. The lowest BCUT2D eigenvalue weighted by atomic mass is 10.1. The molecule has 1 unspecified atom stereocenters. The van der Waals surface area contributed by atoms with E-state index in [-0.39, 0.29) is 6.04 Å². The molecule has 1 N–H and O–H groups in total. The Kier molecular flexibility index (Phi) is 4.02. The normalized spacial score (nSPS) is 12.9. The van der Waals surface area contributed by atoms with Crippen molar-refractivity contribution in [1.82, 2.24) is 5.32 Å². The summed E-state index contributed by atoms with van der Waals surface area (Å²) < 4.78 is 5.55. The van der Waals surface area contributed by atoms with Gasteiger partial charge in [-0.2, -0.15) is 0 Å². The molecule has 0 saturated carbocycles. The van der Waals surface area contributed by atoms with Gasteiger partial charge in [-0.1, -0.05) is 6.92 Å². The Bertz CT molecular complexity index is 459. The SMILES string of the molecule is CCCNC(c1ccco1)c1cc(C)sc1C. The molecular weight excluding hydrogens is 230 g/mol. The molecule has 0 fully saturated rings. The minimum absolute atomic E-state index is 0.190. The van der Waals surface area contributed by atoms with Crippen molar-refractivity contribution >= 4 is 11.3 Å². The highest BCUT2D eigenvalue weighted by molar-refractivity contribution is 7.12. The topological polar surface area (TPSA) is 25.2 Å². The van der Waals surface area contributed by atoms with Crippen LogP contribution < -0.4 is 5.32 Å². The summed E-state index contributed by atoms with van der Waals surface area (Å²) in [7, 11) is 0. The quantitative estimate of drug-likeness (QED) is 0.865. The van der Waals surface area contributed by atoms with Gasteiger partial charge < -0.3 is 9.73 Å². The summed E-state index contributed by atoms with van der Waals surface area (Å²) in [5.74, 6) is 0.999. The summed E-state index contributed by atoms with van der Waals surface area (Å²) in [6.07, 6.45) is 2.86. The second-order valence-electron chi connectivity index (χ2n) is 4.27. The third-order valence-corrected chi connectivity index (χ3v) is 3.80. The third-order valence-electron chi connectivity index (χ3n) is 2.82. The van der Waals surface area contributed by atoms with Crippen LogP contribution in [-0.4, -0.2) is 6.54 Å². The average molecular weight is 249 g/mol. The highest BCUT2D eigenvalue weighted by Crippen LogP contribution is 2.30. The molecule has 0 spiro atoms. The van der Waals surface area contributed by atoms with Crippen molar-refractivity contribution in [3.63, 3.8) is 0 Å². The average Bonchev–Trinajstić information content (AvgIpc) is 2.90. The molecule has 17 heavy (non-hydrogen) atoms. The zero-order valence-electron chi connectivity index (χ0n) is 10.6. The number of nitrogens with one attached hydrogen (secondary N) is 1. The molecule has 1 atom stereocenters. The van der Waals surface area contributed by atoms with E-state index >= 15 is 0 Å². The zero-order chi connectivity index (χ0) is 12.3. The van der Waals surface area contributed by atoms with E-state index in [4.69, 9.17) is 4.42 Å². The predicted octanol–water partition coefficient (Wildman–Crippen LogP) is 4.05. The first-order chi connectivity index (χ1) is 8.22. The Labute approximate surface area is 107 Å². The number of aryl methyl sites for hydroxylation is 2. The van der Waals surface area contributed by atoms with E-state index in [9.17, 15) is 0 Å². The molecule has 2 aromatic rings. The van der Waals surface area contributed by atoms with E-state index < -0.39 is 0 Å². The van der Waals surface area contributed by atoms with Gasteiger partial charge in [-0.05, 0) is 50.6 Å². The molecule has 0 aromatic carbocycles. The van der Waals surface area contributed by atoms with Gasteiger partial charge in [0.25, 0.3) is 0 Å². The summed E-state index contributed by atoms with van der Waals surface area (Å²) >= 11 is 1.85. The fourth-order valence-electron chi connectivity index (χ4n) is 2.05. The first-order valence-electron chi connectivity index (χ1n) is 6.06. The minimum Gasteiger partial charge on any atom is -0.467 e. The molecule has 92 valence electrons. The molecule has 0 saturated heterocycles. The molecule has 2 aromatic heterocycles. The van der Waals surface area contributed by atoms with Gasteiger partial charge in [0.1, 0.15) is 5.76 Å². The lowest BCUT2D eigenvalue weighted by molar-refractivity contribution is 0.446. The number of thiophene rings is 1. The monoisotopic (exact) mass is 249 g/mol. The third kappa shape index (κ3) is 2.79. The van der Waals surface area contributed by atoms with Crippen LogP contribution in [-0.2, 0) is 0 Å². The Hall–Kier alpha value is -1.06. The fourth-order valence-corrected chi connectivity index (χ4v) is 3.01. The van der Waals surface area contributed by atoms with Gasteiger partial charge in [-0.15, -0.1) is 11.3 Å². The van der Waals surface area contributed by atoms with Gasteiger partial charge in [0.15, 0.2) is 0 Å². The largest absolute Gasteiger partial charge is 0.467 e. The second kappa shape index (κ2) is 5.52. The van der Waals surface area contributed by atoms with E-state index in [1.54, 1.807) is 6.26 Å². The van der Waals surface area contributed by atoms with Crippen LogP contribution in [0.3, 0.4) is 0 Å². The molecule has 2 nitrogen and oxygen atoms in total. The van der Waals surface area contributed by atoms with E-state index in [1.807, 2.05) is 23.5 Å².